The Balaban J connectivity index is 1.53. The molecule has 0 amide bonds. The average Bonchev–Trinajstić information content (AvgIpc) is 2.45. The minimum Gasteiger partial charge on any atom is -0.388 e. The minimum absolute atomic E-state index is 0.0538. The van der Waals surface area contributed by atoms with Crippen molar-refractivity contribution in [2.75, 3.05) is 26.4 Å². The van der Waals surface area contributed by atoms with E-state index in [0.717, 1.165) is 25.7 Å². The Morgan fingerprint density at radius 2 is 1.29 bits per heavy atom. The lowest BCUT2D eigenvalue weighted by Crippen LogP contribution is -2.39. The Morgan fingerprint density at radius 1 is 0.875 bits per heavy atom. The smallest absolute Gasteiger partial charge is 0.101 e. The Labute approximate surface area is 147 Å². The molecule has 0 aromatic rings. The molecule has 2 aliphatic heterocycles. The highest BCUT2D eigenvalue weighted by Gasteiger charge is 2.29. The lowest BCUT2D eigenvalue weighted by Gasteiger charge is -2.36. The summed E-state index contributed by atoms with van der Waals surface area (Å²) in [4.78, 5) is 0. The number of aliphatic hydroxyl groups excluding tert-OH is 1. The van der Waals surface area contributed by atoms with Crippen LogP contribution < -0.4 is 0 Å². The average molecular weight is 344 g/mol. The lowest BCUT2D eigenvalue weighted by molar-refractivity contribution is -0.145. The van der Waals surface area contributed by atoms with Gasteiger partial charge in [0, 0.05) is 0 Å². The molecule has 0 aromatic carbocycles. The fourth-order valence-corrected chi connectivity index (χ4v) is 3.60. The first kappa shape index (κ1) is 20.1. The predicted molar refractivity (Wildman–Crippen MR) is 93.3 cm³/mol. The molecule has 24 heavy (non-hydrogen) atoms. The van der Waals surface area contributed by atoms with Gasteiger partial charge < -0.3 is 24.1 Å². The van der Waals surface area contributed by atoms with Gasteiger partial charge in [0.15, 0.2) is 0 Å². The summed E-state index contributed by atoms with van der Waals surface area (Å²) in [5.41, 5.74) is -0.108. The van der Waals surface area contributed by atoms with Crippen molar-refractivity contribution in [3.63, 3.8) is 0 Å². The van der Waals surface area contributed by atoms with Gasteiger partial charge in [-0.25, -0.2) is 0 Å². The summed E-state index contributed by atoms with van der Waals surface area (Å²) in [6.07, 6.45) is 6.28. The van der Waals surface area contributed by atoms with Crippen LogP contribution in [0.2, 0.25) is 0 Å². The van der Waals surface area contributed by atoms with E-state index in [-0.39, 0.29) is 36.6 Å². The third-order valence-electron chi connectivity index (χ3n) is 4.81. The van der Waals surface area contributed by atoms with E-state index in [1.165, 1.54) is 12.8 Å². The Morgan fingerprint density at radius 3 is 1.67 bits per heavy atom. The van der Waals surface area contributed by atoms with Crippen molar-refractivity contribution in [2.45, 2.75) is 95.7 Å². The van der Waals surface area contributed by atoms with E-state index in [2.05, 4.69) is 27.7 Å². The normalized spacial score (nSPS) is 30.9. The van der Waals surface area contributed by atoms with E-state index in [1.807, 2.05) is 0 Å². The zero-order valence-corrected chi connectivity index (χ0v) is 15.9. The first-order valence-corrected chi connectivity index (χ1v) is 9.45. The highest BCUT2D eigenvalue weighted by atomic mass is 16.6. The summed E-state index contributed by atoms with van der Waals surface area (Å²) >= 11 is 0. The van der Waals surface area contributed by atoms with Crippen LogP contribution in [0, 0.1) is 0 Å². The van der Waals surface area contributed by atoms with Gasteiger partial charge in [0.05, 0.1) is 49.8 Å². The van der Waals surface area contributed by atoms with Crippen LogP contribution in [0.5, 0.6) is 0 Å². The molecule has 5 nitrogen and oxygen atoms in total. The third kappa shape index (κ3) is 7.36. The fourth-order valence-electron chi connectivity index (χ4n) is 3.60. The zero-order valence-electron chi connectivity index (χ0n) is 15.9. The summed E-state index contributed by atoms with van der Waals surface area (Å²) in [5.74, 6) is 0. The minimum atomic E-state index is -0.599. The number of aliphatic hydroxyl groups is 1. The maximum atomic E-state index is 9.98. The molecule has 0 aliphatic carbocycles. The predicted octanol–water partition coefficient (Wildman–Crippen LogP) is 3.08. The van der Waals surface area contributed by atoms with Crippen molar-refractivity contribution >= 4 is 0 Å². The molecule has 2 heterocycles. The molecule has 0 radical (unpaired) electrons. The van der Waals surface area contributed by atoms with Gasteiger partial charge in [-0.05, 0) is 66.2 Å². The van der Waals surface area contributed by atoms with Gasteiger partial charge in [-0.15, -0.1) is 0 Å². The van der Waals surface area contributed by atoms with Crippen LogP contribution in [-0.4, -0.2) is 61.0 Å². The van der Waals surface area contributed by atoms with Crippen LogP contribution in [0.3, 0.4) is 0 Å². The molecule has 2 rings (SSSR count). The zero-order chi connectivity index (χ0) is 17.6. The summed E-state index contributed by atoms with van der Waals surface area (Å²) in [5, 5.41) is 9.98. The molecule has 0 aromatic heterocycles. The number of ether oxygens (including phenoxy) is 4. The van der Waals surface area contributed by atoms with Gasteiger partial charge >= 0.3 is 0 Å². The molecule has 0 bridgehead atoms. The van der Waals surface area contributed by atoms with Crippen molar-refractivity contribution < 1.29 is 24.1 Å². The summed E-state index contributed by atoms with van der Waals surface area (Å²) in [6, 6.07) is 0. The number of rotatable bonds is 8. The van der Waals surface area contributed by atoms with E-state index in [0.29, 0.717) is 13.2 Å². The lowest BCUT2D eigenvalue weighted by atomic mass is 9.95. The van der Waals surface area contributed by atoms with Crippen LogP contribution in [0.15, 0.2) is 0 Å². The molecule has 0 saturated carbocycles. The summed E-state index contributed by atoms with van der Waals surface area (Å²) in [6.45, 7) is 10.1. The molecule has 1 N–H and O–H groups in total. The van der Waals surface area contributed by atoms with E-state index in [4.69, 9.17) is 18.9 Å². The second-order valence-electron chi connectivity index (χ2n) is 8.51. The van der Waals surface area contributed by atoms with Crippen LogP contribution in [0.25, 0.3) is 0 Å². The molecular weight excluding hydrogens is 308 g/mol. The van der Waals surface area contributed by atoms with Crippen LogP contribution in [-0.2, 0) is 18.9 Å². The van der Waals surface area contributed by atoms with Crippen LogP contribution in [0.4, 0.5) is 0 Å². The third-order valence-corrected chi connectivity index (χ3v) is 4.81. The summed E-state index contributed by atoms with van der Waals surface area (Å²) in [7, 11) is 0. The molecule has 2 fully saturated rings. The van der Waals surface area contributed by atoms with Crippen molar-refractivity contribution in [3.05, 3.63) is 0 Å². The van der Waals surface area contributed by atoms with Gasteiger partial charge in [0.2, 0.25) is 0 Å². The van der Waals surface area contributed by atoms with Gasteiger partial charge in [-0.1, -0.05) is 0 Å². The van der Waals surface area contributed by atoms with Gasteiger partial charge in [0.25, 0.3) is 0 Å². The molecule has 142 valence electrons. The maximum absolute atomic E-state index is 9.98. The van der Waals surface area contributed by atoms with E-state index in [9.17, 15) is 5.11 Å². The Bertz CT molecular complexity index is 335. The van der Waals surface area contributed by atoms with Gasteiger partial charge in [-0.3, -0.25) is 0 Å². The maximum Gasteiger partial charge on any atom is 0.101 e. The molecule has 5 heteroatoms. The van der Waals surface area contributed by atoms with Crippen LogP contribution in [0.1, 0.15) is 66.2 Å². The quantitative estimate of drug-likeness (QED) is 0.733. The molecule has 2 aliphatic rings. The molecular formula is C19H36O5. The first-order chi connectivity index (χ1) is 11.3. The first-order valence-electron chi connectivity index (χ1n) is 9.45. The highest BCUT2D eigenvalue weighted by Crippen LogP contribution is 2.28. The monoisotopic (exact) mass is 344 g/mol. The number of hydrogen-bond acceptors (Lipinski definition) is 5. The SMILES string of the molecule is CC1(C)CCCC(COCC(O)COCC2CCCC(C)(C)O2)O1. The van der Waals surface area contributed by atoms with Crippen LogP contribution >= 0.6 is 0 Å². The van der Waals surface area contributed by atoms with Crippen molar-refractivity contribution in [1.29, 1.82) is 0 Å². The Hall–Kier alpha value is -0.200. The highest BCUT2D eigenvalue weighted by molar-refractivity contribution is 4.78. The Kier molecular flexibility index (Phi) is 7.50. The van der Waals surface area contributed by atoms with E-state index >= 15 is 0 Å². The van der Waals surface area contributed by atoms with Gasteiger partial charge in [-0.2, -0.15) is 0 Å². The molecule has 2 unspecified atom stereocenters. The second kappa shape index (κ2) is 8.95. The fraction of sp³-hybridized carbons (Fsp3) is 1.00. The van der Waals surface area contributed by atoms with E-state index in [1.54, 1.807) is 0 Å². The topological polar surface area (TPSA) is 57.2 Å². The van der Waals surface area contributed by atoms with Crippen molar-refractivity contribution in [3.8, 4) is 0 Å². The number of hydrogen-bond donors (Lipinski definition) is 1. The standard InChI is InChI=1S/C19H36O5/c1-18(2)9-5-7-16(23-18)13-21-11-15(20)12-22-14-17-8-6-10-19(3,4)24-17/h15-17,20H,5-14H2,1-4H3. The summed E-state index contributed by atoms with van der Waals surface area (Å²) < 4.78 is 23.2. The van der Waals surface area contributed by atoms with Crippen molar-refractivity contribution in [1.82, 2.24) is 0 Å². The van der Waals surface area contributed by atoms with E-state index < -0.39 is 6.10 Å². The molecule has 2 saturated heterocycles. The van der Waals surface area contributed by atoms with Gasteiger partial charge in [0.1, 0.15) is 6.10 Å². The second-order valence-corrected chi connectivity index (χ2v) is 8.51. The molecule has 0 spiro atoms. The largest absolute Gasteiger partial charge is 0.388 e. The molecule has 2 atom stereocenters. The van der Waals surface area contributed by atoms with Crippen molar-refractivity contribution in [2.24, 2.45) is 0 Å².